The van der Waals surface area contributed by atoms with E-state index in [1.807, 2.05) is 0 Å². The molecule has 0 saturated heterocycles. The topological polar surface area (TPSA) is 26.3 Å². The zero-order valence-electron chi connectivity index (χ0n) is 18.6. The van der Waals surface area contributed by atoms with Crippen molar-refractivity contribution in [1.82, 2.24) is 0 Å². The molecule has 0 amide bonds. The van der Waals surface area contributed by atoms with E-state index in [9.17, 15) is 79.4 Å². The van der Waals surface area contributed by atoms with Crippen molar-refractivity contribution in [2.75, 3.05) is 0 Å². The van der Waals surface area contributed by atoms with Crippen molar-refractivity contribution in [3.8, 4) is 0 Å². The van der Waals surface area contributed by atoms with Crippen LogP contribution >= 0.6 is 0 Å². The standard InChI is InChI=1S/C18H19F17O2/c1-3-4-5-6-7-8-10(36)37-9(2)11(19,20)12(21,22)13(23,24)14(25,26)15(27,28)16(29,30)17(31,32)18(33,34)35/h9H,3-8H2,1-2H3. The second-order valence-electron chi connectivity index (χ2n) is 7.86. The third-order valence-electron chi connectivity index (χ3n) is 5.05. The zero-order valence-corrected chi connectivity index (χ0v) is 18.6. The summed E-state index contributed by atoms with van der Waals surface area (Å²) in [6.45, 7) is 1.47. The van der Waals surface area contributed by atoms with E-state index < -0.39 is 66.1 Å². The van der Waals surface area contributed by atoms with Crippen molar-refractivity contribution in [2.24, 2.45) is 0 Å². The lowest BCUT2D eigenvalue weighted by atomic mass is 9.88. The molecule has 1 unspecified atom stereocenters. The van der Waals surface area contributed by atoms with Crippen LogP contribution in [0.15, 0.2) is 0 Å². The fourth-order valence-electron chi connectivity index (χ4n) is 2.63. The van der Waals surface area contributed by atoms with Gasteiger partial charge in [0, 0.05) is 6.42 Å². The first kappa shape index (κ1) is 35.3. The van der Waals surface area contributed by atoms with E-state index in [1.54, 1.807) is 6.92 Å². The van der Waals surface area contributed by atoms with Gasteiger partial charge in [-0.15, -0.1) is 0 Å². The van der Waals surface area contributed by atoms with Crippen LogP contribution in [0.25, 0.3) is 0 Å². The summed E-state index contributed by atoms with van der Waals surface area (Å²) in [4.78, 5) is 11.5. The van der Waals surface area contributed by atoms with E-state index in [0.29, 0.717) is 19.3 Å². The Balaban J connectivity index is 6.18. The van der Waals surface area contributed by atoms with Gasteiger partial charge in [-0.3, -0.25) is 4.79 Å². The lowest BCUT2D eigenvalue weighted by Gasteiger charge is -2.43. The Morgan fingerprint density at radius 2 is 0.919 bits per heavy atom. The molecule has 0 aliphatic rings. The largest absolute Gasteiger partial charge is 0.460 e. The summed E-state index contributed by atoms with van der Waals surface area (Å²) in [6.07, 6.45) is -10.4. The van der Waals surface area contributed by atoms with Gasteiger partial charge in [0.2, 0.25) is 0 Å². The lowest BCUT2D eigenvalue weighted by molar-refractivity contribution is -0.463. The summed E-state index contributed by atoms with van der Waals surface area (Å²) in [7, 11) is 0. The van der Waals surface area contributed by atoms with E-state index in [2.05, 4.69) is 4.74 Å². The van der Waals surface area contributed by atoms with Crippen molar-refractivity contribution in [3.05, 3.63) is 0 Å². The Morgan fingerprint density at radius 1 is 0.568 bits per heavy atom. The predicted molar refractivity (Wildman–Crippen MR) is 89.6 cm³/mol. The highest BCUT2D eigenvalue weighted by atomic mass is 19.4. The maximum absolute atomic E-state index is 14.0. The van der Waals surface area contributed by atoms with Crippen LogP contribution in [0.1, 0.15) is 52.4 Å². The van der Waals surface area contributed by atoms with Crippen molar-refractivity contribution in [1.29, 1.82) is 0 Å². The third kappa shape index (κ3) is 5.83. The molecule has 0 spiro atoms. The van der Waals surface area contributed by atoms with Crippen molar-refractivity contribution >= 4 is 5.97 Å². The number of ether oxygens (including phenoxy) is 1. The number of hydrogen-bond donors (Lipinski definition) is 0. The molecule has 0 aliphatic carbocycles. The summed E-state index contributed by atoms with van der Waals surface area (Å²) in [5, 5.41) is 0. The normalized spacial score (nSPS) is 16.1. The minimum absolute atomic E-state index is 0.115. The number of carbonyl (C=O) groups excluding carboxylic acids is 1. The first-order valence-corrected chi connectivity index (χ1v) is 10.0. The summed E-state index contributed by atoms with van der Waals surface area (Å²) in [5.41, 5.74) is 0. The van der Waals surface area contributed by atoms with Crippen LogP contribution in [-0.2, 0) is 9.53 Å². The van der Waals surface area contributed by atoms with Crippen LogP contribution < -0.4 is 0 Å². The number of esters is 1. The van der Waals surface area contributed by atoms with Gasteiger partial charge < -0.3 is 4.74 Å². The first-order chi connectivity index (χ1) is 16.1. The molecule has 37 heavy (non-hydrogen) atoms. The second-order valence-corrected chi connectivity index (χ2v) is 7.86. The maximum Gasteiger partial charge on any atom is 0.460 e. The Morgan fingerprint density at radius 3 is 1.30 bits per heavy atom. The Bertz CT molecular complexity index is 773. The van der Waals surface area contributed by atoms with Gasteiger partial charge in [-0.1, -0.05) is 32.6 Å². The van der Waals surface area contributed by atoms with Crippen LogP contribution in [0.3, 0.4) is 0 Å². The number of hydrogen-bond acceptors (Lipinski definition) is 2. The molecule has 0 aromatic rings. The highest BCUT2D eigenvalue weighted by Gasteiger charge is 2.95. The molecule has 0 rings (SSSR count). The minimum Gasteiger partial charge on any atom is -0.456 e. The maximum atomic E-state index is 14.0. The number of rotatable bonds is 14. The quantitative estimate of drug-likeness (QED) is 0.116. The molecule has 0 aromatic carbocycles. The zero-order chi connectivity index (χ0) is 30.1. The molecular formula is C18H19F17O2. The lowest BCUT2D eigenvalue weighted by Crippen LogP contribution is -2.75. The summed E-state index contributed by atoms with van der Waals surface area (Å²) in [5.74, 6) is -59.0. The number of alkyl halides is 17. The fraction of sp³-hybridized carbons (Fsp3) is 0.944. The summed E-state index contributed by atoms with van der Waals surface area (Å²) >= 11 is 0. The molecule has 0 fully saturated rings. The molecule has 0 N–H and O–H groups in total. The summed E-state index contributed by atoms with van der Waals surface area (Å²) < 4.78 is 229. The van der Waals surface area contributed by atoms with Crippen molar-refractivity contribution in [2.45, 2.75) is 106 Å². The van der Waals surface area contributed by atoms with Gasteiger partial charge in [-0.05, 0) is 13.3 Å². The van der Waals surface area contributed by atoms with Crippen LogP contribution in [0.5, 0.6) is 0 Å². The van der Waals surface area contributed by atoms with E-state index in [4.69, 9.17) is 0 Å². The average Bonchev–Trinajstić information content (AvgIpc) is 2.71. The van der Waals surface area contributed by atoms with Gasteiger partial charge in [0.05, 0.1) is 0 Å². The van der Waals surface area contributed by atoms with Gasteiger partial charge in [0.15, 0.2) is 6.10 Å². The smallest absolute Gasteiger partial charge is 0.456 e. The molecule has 0 aromatic heterocycles. The SMILES string of the molecule is CCCCCCCC(=O)OC(C)C(F)(F)C(F)(F)C(F)(F)C(F)(F)C(F)(F)C(F)(F)C(F)(F)C(F)(F)F. The van der Waals surface area contributed by atoms with Crippen LogP contribution in [0.4, 0.5) is 74.6 Å². The number of carbonyl (C=O) groups is 1. The Hall–Kier alpha value is -1.72. The van der Waals surface area contributed by atoms with Gasteiger partial charge in [0.1, 0.15) is 0 Å². The van der Waals surface area contributed by atoms with Crippen molar-refractivity contribution in [3.63, 3.8) is 0 Å². The highest BCUT2D eigenvalue weighted by Crippen LogP contribution is 2.64. The molecule has 222 valence electrons. The number of halogens is 17. The van der Waals surface area contributed by atoms with Crippen molar-refractivity contribution < 1.29 is 84.2 Å². The van der Waals surface area contributed by atoms with Crippen LogP contribution in [-0.4, -0.2) is 59.7 Å². The van der Waals surface area contributed by atoms with E-state index in [-0.39, 0.29) is 19.8 Å². The first-order valence-electron chi connectivity index (χ1n) is 10.0. The Kier molecular flexibility index (Phi) is 10.3. The van der Waals surface area contributed by atoms with Crippen LogP contribution in [0, 0.1) is 0 Å². The van der Waals surface area contributed by atoms with Crippen LogP contribution in [0.2, 0.25) is 0 Å². The molecule has 0 heterocycles. The molecule has 0 radical (unpaired) electrons. The summed E-state index contributed by atoms with van der Waals surface area (Å²) in [6, 6.07) is 0. The minimum atomic E-state index is -8.69. The highest BCUT2D eigenvalue weighted by molar-refractivity contribution is 5.69. The monoisotopic (exact) mass is 590 g/mol. The van der Waals surface area contributed by atoms with Gasteiger partial charge in [-0.2, -0.15) is 74.6 Å². The molecule has 19 heteroatoms. The molecule has 0 bridgehead atoms. The average molecular weight is 590 g/mol. The molecule has 1 atom stereocenters. The molecule has 0 saturated carbocycles. The van der Waals surface area contributed by atoms with E-state index in [1.165, 1.54) is 0 Å². The predicted octanol–water partition coefficient (Wildman–Crippen LogP) is 8.29. The van der Waals surface area contributed by atoms with E-state index in [0.717, 1.165) is 0 Å². The second kappa shape index (κ2) is 10.8. The molecular weight excluding hydrogens is 571 g/mol. The molecule has 0 aliphatic heterocycles. The Labute approximate surface area is 197 Å². The van der Waals surface area contributed by atoms with Gasteiger partial charge in [0.25, 0.3) is 0 Å². The van der Waals surface area contributed by atoms with E-state index >= 15 is 0 Å². The third-order valence-corrected chi connectivity index (χ3v) is 5.05. The fourth-order valence-corrected chi connectivity index (χ4v) is 2.63. The van der Waals surface area contributed by atoms with Gasteiger partial charge >= 0.3 is 53.6 Å². The van der Waals surface area contributed by atoms with Gasteiger partial charge in [-0.25, -0.2) is 0 Å². The number of unbranched alkanes of at least 4 members (excludes halogenated alkanes) is 4. The molecule has 2 nitrogen and oxygen atoms in total.